The number of hydrogen-bond donors (Lipinski definition) is 2. The minimum Gasteiger partial charge on any atom is -0.379 e. The van der Waals surface area contributed by atoms with Crippen LogP contribution in [0.25, 0.3) is 10.2 Å². The number of pyridine rings is 1. The summed E-state index contributed by atoms with van der Waals surface area (Å²) in [5.41, 5.74) is 3.10. The number of aromatic nitrogens is 1. The van der Waals surface area contributed by atoms with E-state index < -0.39 is 6.03 Å². The standard InChI is InChI=1S/C27H21ClN6O3S/c28-19-3-1-2-4-20(19)34-23-17(13-29)14-30-26-21(23)22(32-27(34)36)24(38-26)25(35)31-18-7-5-16(6-8-18)15-33-9-11-37-12-10-33/h1-8,14H,9-12,15H2,(H,31,35)(H,32,36). The van der Waals surface area contributed by atoms with Crippen LogP contribution in [0.15, 0.2) is 54.7 Å². The van der Waals surface area contributed by atoms with E-state index in [1.807, 2.05) is 24.3 Å². The zero-order valence-electron chi connectivity index (χ0n) is 20.0. The lowest BCUT2D eigenvalue weighted by Crippen LogP contribution is -2.35. The zero-order chi connectivity index (χ0) is 26.2. The molecule has 2 aromatic heterocycles. The normalized spacial score (nSPS) is 15.3. The van der Waals surface area contributed by atoms with E-state index in [9.17, 15) is 14.9 Å². The van der Waals surface area contributed by atoms with Crippen LogP contribution in [0.4, 0.5) is 27.5 Å². The molecule has 0 bridgehead atoms. The van der Waals surface area contributed by atoms with Gasteiger partial charge in [0.1, 0.15) is 15.8 Å². The molecule has 0 unspecified atom stereocenters. The van der Waals surface area contributed by atoms with Crippen LogP contribution < -0.4 is 15.5 Å². The summed E-state index contributed by atoms with van der Waals surface area (Å²) in [7, 11) is 0. The molecule has 0 atom stereocenters. The number of thiophene rings is 1. The second-order valence-corrected chi connectivity index (χ2v) is 10.3. The van der Waals surface area contributed by atoms with Gasteiger partial charge in [0.25, 0.3) is 5.91 Å². The highest BCUT2D eigenvalue weighted by atomic mass is 35.5. The fourth-order valence-corrected chi connectivity index (χ4v) is 5.89. The molecule has 2 aliphatic heterocycles. The summed E-state index contributed by atoms with van der Waals surface area (Å²) in [6.07, 6.45) is 1.41. The number of halogens is 1. The molecule has 2 aromatic carbocycles. The van der Waals surface area contributed by atoms with Crippen LogP contribution in [0.1, 0.15) is 20.8 Å². The number of nitriles is 1. The molecule has 1 fully saturated rings. The summed E-state index contributed by atoms with van der Waals surface area (Å²) < 4.78 is 5.40. The molecule has 0 spiro atoms. The van der Waals surface area contributed by atoms with Crippen molar-refractivity contribution in [3.05, 3.63) is 75.8 Å². The Kier molecular flexibility index (Phi) is 6.43. The molecular formula is C27H21ClN6O3S. The van der Waals surface area contributed by atoms with E-state index >= 15 is 0 Å². The van der Waals surface area contributed by atoms with Crippen LogP contribution in [0, 0.1) is 11.3 Å². The number of para-hydroxylation sites is 1. The zero-order valence-corrected chi connectivity index (χ0v) is 21.6. The summed E-state index contributed by atoms with van der Waals surface area (Å²) in [6, 6.07) is 16.2. The Morgan fingerprint density at radius 3 is 2.68 bits per heavy atom. The highest BCUT2D eigenvalue weighted by Crippen LogP contribution is 2.48. The number of rotatable bonds is 5. The molecule has 38 heavy (non-hydrogen) atoms. The summed E-state index contributed by atoms with van der Waals surface area (Å²) in [6.45, 7) is 4.10. The molecule has 3 amide bonds. The second-order valence-electron chi connectivity index (χ2n) is 8.88. The summed E-state index contributed by atoms with van der Waals surface area (Å²) >= 11 is 7.56. The molecule has 0 radical (unpaired) electrons. The number of ether oxygens (including phenoxy) is 1. The smallest absolute Gasteiger partial charge is 0.331 e. The number of morpholine rings is 1. The number of hydrogen-bond acceptors (Lipinski definition) is 7. The monoisotopic (exact) mass is 544 g/mol. The predicted molar refractivity (Wildman–Crippen MR) is 147 cm³/mol. The summed E-state index contributed by atoms with van der Waals surface area (Å²) in [4.78, 5) is 35.6. The van der Waals surface area contributed by atoms with Crippen LogP contribution in [-0.4, -0.2) is 48.1 Å². The Morgan fingerprint density at radius 2 is 1.95 bits per heavy atom. The van der Waals surface area contributed by atoms with Crippen molar-refractivity contribution in [3.8, 4) is 6.07 Å². The van der Waals surface area contributed by atoms with Gasteiger partial charge in [0.2, 0.25) is 0 Å². The molecule has 2 N–H and O–H groups in total. The number of urea groups is 1. The predicted octanol–water partition coefficient (Wildman–Crippen LogP) is 5.59. The van der Waals surface area contributed by atoms with Crippen LogP contribution >= 0.6 is 22.9 Å². The number of amides is 3. The molecule has 6 rings (SSSR count). The average Bonchev–Trinajstić information content (AvgIpc) is 3.30. The van der Waals surface area contributed by atoms with Gasteiger partial charge in [0.15, 0.2) is 0 Å². The molecule has 2 aliphatic rings. The van der Waals surface area contributed by atoms with Gasteiger partial charge >= 0.3 is 6.03 Å². The molecule has 190 valence electrons. The largest absolute Gasteiger partial charge is 0.379 e. The van der Waals surface area contributed by atoms with Crippen molar-refractivity contribution < 1.29 is 14.3 Å². The number of anilines is 4. The van der Waals surface area contributed by atoms with Crippen LogP contribution in [0.5, 0.6) is 0 Å². The van der Waals surface area contributed by atoms with Gasteiger partial charge in [0.05, 0.1) is 46.2 Å². The first-order valence-corrected chi connectivity index (χ1v) is 13.1. The Labute approximate surface area is 227 Å². The molecule has 0 saturated carbocycles. The maximum atomic E-state index is 13.4. The molecule has 9 nitrogen and oxygen atoms in total. The third-order valence-corrected chi connectivity index (χ3v) is 7.91. The lowest BCUT2D eigenvalue weighted by atomic mass is 10.1. The molecule has 4 heterocycles. The number of nitrogens with one attached hydrogen (secondary N) is 2. The van der Waals surface area contributed by atoms with Gasteiger partial charge in [-0.25, -0.2) is 9.78 Å². The van der Waals surface area contributed by atoms with Crippen molar-refractivity contribution in [3.63, 3.8) is 0 Å². The topological polar surface area (TPSA) is 111 Å². The van der Waals surface area contributed by atoms with Crippen LogP contribution in [-0.2, 0) is 11.3 Å². The van der Waals surface area contributed by atoms with Crippen molar-refractivity contribution in [1.29, 1.82) is 5.26 Å². The minimum atomic E-state index is -0.519. The van der Waals surface area contributed by atoms with Gasteiger partial charge < -0.3 is 15.4 Å². The van der Waals surface area contributed by atoms with Crippen LogP contribution in [0.3, 0.4) is 0 Å². The lowest BCUT2D eigenvalue weighted by molar-refractivity contribution is 0.0342. The van der Waals surface area contributed by atoms with Crippen molar-refractivity contribution >= 4 is 67.8 Å². The van der Waals surface area contributed by atoms with Gasteiger partial charge in [0, 0.05) is 31.5 Å². The molecule has 11 heteroatoms. The first-order valence-electron chi connectivity index (χ1n) is 11.9. The van der Waals surface area contributed by atoms with Crippen molar-refractivity contribution in [2.45, 2.75) is 6.54 Å². The fraction of sp³-hybridized carbons (Fsp3) is 0.185. The molecular weight excluding hydrogens is 524 g/mol. The molecule has 4 aromatic rings. The maximum Gasteiger partial charge on any atom is 0.331 e. The lowest BCUT2D eigenvalue weighted by Gasteiger charge is -2.29. The highest BCUT2D eigenvalue weighted by molar-refractivity contribution is 7.21. The number of carbonyl (C=O) groups is 2. The van der Waals surface area contributed by atoms with E-state index in [1.165, 1.54) is 11.1 Å². The van der Waals surface area contributed by atoms with E-state index in [0.29, 0.717) is 42.9 Å². The third kappa shape index (κ3) is 4.36. The fourth-order valence-electron chi connectivity index (χ4n) is 4.67. The van der Waals surface area contributed by atoms with Gasteiger partial charge in [-0.1, -0.05) is 35.9 Å². The maximum absolute atomic E-state index is 13.4. The van der Waals surface area contributed by atoms with Crippen molar-refractivity contribution in [1.82, 2.24) is 9.88 Å². The Morgan fingerprint density at radius 1 is 1.18 bits per heavy atom. The van der Waals surface area contributed by atoms with Crippen molar-refractivity contribution in [2.24, 2.45) is 0 Å². The van der Waals surface area contributed by atoms with Gasteiger partial charge in [-0.2, -0.15) is 5.26 Å². The number of nitrogens with zero attached hydrogens (tertiary/aromatic N) is 4. The number of benzene rings is 2. The van der Waals surface area contributed by atoms with Crippen molar-refractivity contribution in [2.75, 3.05) is 41.8 Å². The molecule has 1 saturated heterocycles. The SMILES string of the molecule is N#Cc1cnc2sc(C(=O)Nc3ccc(CN4CCOCC4)cc3)c3c2c1N(c1ccccc1Cl)C(=O)N3. The first-order chi connectivity index (χ1) is 18.5. The molecule has 0 aliphatic carbocycles. The summed E-state index contributed by atoms with van der Waals surface area (Å²) in [5, 5.41) is 16.5. The third-order valence-electron chi connectivity index (χ3n) is 6.49. The van der Waals surface area contributed by atoms with E-state index in [0.717, 1.165) is 49.7 Å². The Balaban J connectivity index is 1.32. The Bertz CT molecular complexity index is 1610. The quantitative estimate of drug-likeness (QED) is 0.339. The van der Waals surface area contributed by atoms with E-state index in [1.54, 1.807) is 24.3 Å². The van der Waals surface area contributed by atoms with E-state index in [-0.39, 0.29) is 11.5 Å². The van der Waals surface area contributed by atoms with Gasteiger partial charge in [-0.15, -0.1) is 11.3 Å². The van der Waals surface area contributed by atoms with Gasteiger partial charge in [-0.05, 0) is 29.8 Å². The number of carbonyl (C=O) groups excluding carboxylic acids is 2. The highest BCUT2D eigenvalue weighted by Gasteiger charge is 2.35. The average molecular weight is 545 g/mol. The summed E-state index contributed by atoms with van der Waals surface area (Å²) in [5.74, 6) is -0.375. The Hall–Kier alpha value is -4.01. The van der Waals surface area contributed by atoms with Gasteiger partial charge in [-0.3, -0.25) is 14.6 Å². The van der Waals surface area contributed by atoms with E-state index in [4.69, 9.17) is 16.3 Å². The van der Waals surface area contributed by atoms with Crippen LogP contribution in [0.2, 0.25) is 5.02 Å². The van der Waals surface area contributed by atoms with E-state index in [2.05, 4.69) is 26.6 Å². The second kappa shape index (κ2) is 10.0. The first kappa shape index (κ1) is 24.3. The minimum absolute atomic E-state index is 0.203.